The summed E-state index contributed by atoms with van der Waals surface area (Å²) < 4.78 is 24.6. The molecular weight excluding hydrogens is 202 g/mol. The number of nitrogens with two attached hydrogens (primary N) is 1. The molecule has 0 bridgehead atoms. The molecule has 0 aromatic carbocycles. The first kappa shape index (κ1) is 12.4. The van der Waals surface area contributed by atoms with Crippen LogP contribution < -0.4 is 11.1 Å². The van der Waals surface area contributed by atoms with Gasteiger partial charge in [-0.2, -0.15) is 0 Å². The van der Waals surface area contributed by atoms with Gasteiger partial charge in [-0.05, 0) is 32.1 Å². The van der Waals surface area contributed by atoms with Crippen LogP contribution in [0.1, 0.15) is 32.6 Å². The summed E-state index contributed by atoms with van der Waals surface area (Å²) in [6, 6.07) is 0. The Morgan fingerprint density at radius 2 is 2.20 bits per heavy atom. The predicted molar refractivity (Wildman–Crippen MR) is 53.6 cm³/mol. The normalized spacial score (nSPS) is 20.1. The van der Waals surface area contributed by atoms with Crippen LogP contribution in [0.4, 0.5) is 8.78 Å². The lowest BCUT2D eigenvalue weighted by atomic mass is 10.0. The van der Waals surface area contributed by atoms with Crippen molar-refractivity contribution in [2.45, 2.75) is 44.6 Å². The van der Waals surface area contributed by atoms with Crippen LogP contribution in [0.5, 0.6) is 0 Å². The minimum atomic E-state index is -2.56. The molecular formula is C10H18F2N2O. The predicted octanol–water partition coefficient (Wildman–Crippen LogP) is 1.28. The summed E-state index contributed by atoms with van der Waals surface area (Å²) >= 11 is 0. The van der Waals surface area contributed by atoms with E-state index in [0.717, 1.165) is 12.8 Å². The summed E-state index contributed by atoms with van der Waals surface area (Å²) in [5, 5.41) is 2.61. The molecule has 0 saturated heterocycles. The first-order chi connectivity index (χ1) is 6.92. The monoisotopic (exact) mass is 220 g/mol. The molecule has 0 spiro atoms. The second-order valence-electron chi connectivity index (χ2n) is 4.55. The van der Waals surface area contributed by atoms with Crippen molar-refractivity contribution in [1.82, 2.24) is 5.32 Å². The van der Waals surface area contributed by atoms with Gasteiger partial charge in [-0.3, -0.25) is 4.79 Å². The molecule has 5 heteroatoms. The fraction of sp³-hybridized carbons (Fsp3) is 0.900. The zero-order valence-electron chi connectivity index (χ0n) is 8.93. The lowest BCUT2D eigenvalue weighted by molar-refractivity contribution is -0.121. The Balaban J connectivity index is 2.11. The largest absolute Gasteiger partial charge is 0.356 e. The van der Waals surface area contributed by atoms with Gasteiger partial charge in [-0.1, -0.05) is 0 Å². The van der Waals surface area contributed by atoms with Crippen LogP contribution in [0.2, 0.25) is 0 Å². The van der Waals surface area contributed by atoms with Crippen LogP contribution in [0, 0.1) is 5.92 Å². The minimum absolute atomic E-state index is 0.0532. The first-order valence-corrected chi connectivity index (χ1v) is 5.25. The third kappa shape index (κ3) is 4.55. The lowest BCUT2D eigenvalue weighted by Gasteiger charge is -2.23. The molecule has 1 rings (SSSR count). The van der Waals surface area contributed by atoms with Crippen molar-refractivity contribution in [1.29, 1.82) is 0 Å². The SMILES string of the molecule is CC(N)(CCNC(=O)CC1CC1)C(F)F. The van der Waals surface area contributed by atoms with Gasteiger partial charge in [0.25, 0.3) is 6.43 Å². The van der Waals surface area contributed by atoms with Crippen molar-refractivity contribution in [2.24, 2.45) is 11.7 Å². The van der Waals surface area contributed by atoms with Crippen LogP contribution in [0.25, 0.3) is 0 Å². The number of amides is 1. The van der Waals surface area contributed by atoms with Gasteiger partial charge >= 0.3 is 0 Å². The number of nitrogens with one attached hydrogen (secondary N) is 1. The summed E-state index contributed by atoms with van der Waals surface area (Å²) in [6.07, 6.45) is 0.285. The fourth-order valence-electron chi connectivity index (χ4n) is 1.24. The number of halogens is 2. The number of hydrogen-bond donors (Lipinski definition) is 2. The Hall–Kier alpha value is -0.710. The van der Waals surface area contributed by atoms with Gasteiger partial charge in [0.2, 0.25) is 5.91 Å². The van der Waals surface area contributed by atoms with Crippen LogP contribution in [-0.4, -0.2) is 24.4 Å². The number of rotatable bonds is 6. The molecule has 1 saturated carbocycles. The van der Waals surface area contributed by atoms with Gasteiger partial charge in [0.15, 0.2) is 0 Å². The van der Waals surface area contributed by atoms with E-state index in [1.54, 1.807) is 0 Å². The first-order valence-electron chi connectivity index (χ1n) is 5.25. The molecule has 1 amide bonds. The molecule has 0 aromatic rings. The molecule has 3 N–H and O–H groups in total. The van der Waals surface area contributed by atoms with E-state index in [2.05, 4.69) is 5.32 Å². The van der Waals surface area contributed by atoms with E-state index >= 15 is 0 Å². The van der Waals surface area contributed by atoms with Crippen molar-refractivity contribution in [3.8, 4) is 0 Å². The molecule has 1 atom stereocenters. The number of carbonyl (C=O) groups is 1. The van der Waals surface area contributed by atoms with Gasteiger partial charge in [-0.25, -0.2) is 8.78 Å². The van der Waals surface area contributed by atoms with Gasteiger partial charge in [0.05, 0.1) is 5.54 Å². The smallest absolute Gasteiger partial charge is 0.256 e. The molecule has 0 aromatic heterocycles. The molecule has 1 aliphatic carbocycles. The molecule has 0 aliphatic heterocycles. The maximum atomic E-state index is 12.3. The van der Waals surface area contributed by atoms with E-state index in [-0.39, 0.29) is 18.9 Å². The third-order valence-electron chi connectivity index (χ3n) is 2.66. The highest BCUT2D eigenvalue weighted by molar-refractivity contribution is 5.76. The van der Waals surface area contributed by atoms with E-state index in [4.69, 9.17) is 5.73 Å². The molecule has 1 fully saturated rings. The molecule has 3 nitrogen and oxygen atoms in total. The molecule has 0 radical (unpaired) electrons. The van der Waals surface area contributed by atoms with Gasteiger partial charge < -0.3 is 11.1 Å². The average molecular weight is 220 g/mol. The average Bonchev–Trinajstić information content (AvgIpc) is 2.87. The van der Waals surface area contributed by atoms with Crippen molar-refractivity contribution in [3.63, 3.8) is 0 Å². The van der Waals surface area contributed by atoms with Gasteiger partial charge in [-0.15, -0.1) is 0 Å². The molecule has 1 aliphatic rings. The zero-order valence-corrected chi connectivity index (χ0v) is 8.93. The topological polar surface area (TPSA) is 55.1 Å². The quantitative estimate of drug-likeness (QED) is 0.708. The van der Waals surface area contributed by atoms with E-state index in [9.17, 15) is 13.6 Å². The van der Waals surface area contributed by atoms with Crippen molar-refractivity contribution < 1.29 is 13.6 Å². The summed E-state index contributed by atoms with van der Waals surface area (Å²) in [5.41, 5.74) is 3.85. The van der Waals surface area contributed by atoms with E-state index in [1.165, 1.54) is 6.92 Å². The Morgan fingerprint density at radius 1 is 1.60 bits per heavy atom. The third-order valence-corrected chi connectivity index (χ3v) is 2.66. The van der Waals surface area contributed by atoms with Gasteiger partial charge in [0, 0.05) is 13.0 Å². The van der Waals surface area contributed by atoms with E-state index in [1.807, 2.05) is 0 Å². The summed E-state index contributed by atoms with van der Waals surface area (Å²) in [7, 11) is 0. The van der Waals surface area contributed by atoms with Gasteiger partial charge in [0.1, 0.15) is 0 Å². The Kier molecular flexibility index (Phi) is 4.02. The Morgan fingerprint density at radius 3 is 2.67 bits per heavy atom. The maximum absolute atomic E-state index is 12.3. The molecule has 0 heterocycles. The summed E-state index contributed by atoms with van der Waals surface area (Å²) in [5.74, 6) is 0.465. The van der Waals surface area contributed by atoms with E-state index < -0.39 is 12.0 Å². The Labute approximate surface area is 88.4 Å². The van der Waals surface area contributed by atoms with Crippen molar-refractivity contribution in [2.75, 3.05) is 6.54 Å². The summed E-state index contributed by atoms with van der Waals surface area (Å²) in [4.78, 5) is 11.2. The Bertz CT molecular complexity index is 227. The van der Waals surface area contributed by atoms with Crippen LogP contribution in [-0.2, 0) is 4.79 Å². The molecule has 88 valence electrons. The van der Waals surface area contributed by atoms with Crippen molar-refractivity contribution >= 4 is 5.91 Å². The van der Waals surface area contributed by atoms with E-state index in [0.29, 0.717) is 12.3 Å². The summed E-state index contributed by atoms with van der Waals surface area (Å²) in [6.45, 7) is 1.52. The fourth-order valence-corrected chi connectivity index (χ4v) is 1.24. The molecule has 15 heavy (non-hydrogen) atoms. The number of alkyl halides is 2. The second kappa shape index (κ2) is 4.88. The second-order valence-corrected chi connectivity index (χ2v) is 4.55. The zero-order chi connectivity index (χ0) is 11.5. The maximum Gasteiger partial charge on any atom is 0.256 e. The number of hydrogen-bond acceptors (Lipinski definition) is 2. The highest BCUT2D eigenvalue weighted by Crippen LogP contribution is 2.32. The van der Waals surface area contributed by atoms with Crippen LogP contribution in [0.15, 0.2) is 0 Å². The van der Waals surface area contributed by atoms with Crippen LogP contribution in [0.3, 0.4) is 0 Å². The van der Waals surface area contributed by atoms with Crippen molar-refractivity contribution in [3.05, 3.63) is 0 Å². The highest BCUT2D eigenvalue weighted by Gasteiger charge is 2.30. The van der Waals surface area contributed by atoms with Crippen LogP contribution >= 0.6 is 0 Å². The standard InChI is InChI=1S/C10H18F2N2O/c1-10(13,9(11)12)4-5-14-8(15)6-7-2-3-7/h7,9H,2-6,13H2,1H3,(H,14,15). The lowest BCUT2D eigenvalue weighted by Crippen LogP contribution is -2.46. The minimum Gasteiger partial charge on any atom is -0.356 e. The highest BCUT2D eigenvalue weighted by atomic mass is 19.3. The number of carbonyl (C=O) groups excluding carboxylic acids is 1. The molecule has 1 unspecified atom stereocenters.